The van der Waals surface area contributed by atoms with Crippen LogP contribution in [0.25, 0.3) is 0 Å². The molecule has 23 heavy (non-hydrogen) atoms. The minimum Gasteiger partial charge on any atom is -0.478 e. The van der Waals surface area contributed by atoms with Gasteiger partial charge in [-0.3, -0.25) is 5.32 Å². The van der Waals surface area contributed by atoms with Gasteiger partial charge in [0.1, 0.15) is 0 Å². The highest BCUT2D eigenvalue weighted by Gasteiger charge is 2.13. The smallest absolute Gasteiger partial charge is 0.414 e. The first-order chi connectivity index (χ1) is 11.0. The molecule has 2 rings (SSSR count). The van der Waals surface area contributed by atoms with Crippen LogP contribution in [0.4, 0.5) is 10.5 Å². The van der Waals surface area contributed by atoms with E-state index >= 15 is 0 Å². The average molecular weight is 381 g/mol. The van der Waals surface area contributed by atoms with Crippen LogP contribution in [0.2, 0.25) is 0 Å². The van der Waals surface area contributed by atoms with Gasteiger partial charge < -0.3 is 9.84 Å². The molecule has 0 radical (unpaired) electrons. The number of amides is 1. The third-order valence-electron chi connectivity index (χ3n) is 2.60. The number of ether oxygens (including phenoxy) is 1. The summed E-state index contributed by atoms with van der Waals surface area (Å²) in [4.78, 5) is 26.8. The van der Waals surface area contributed by atoms with Crippen LogP contribution in [-0.2, 0) is 4.74 Å². The van der Waals surface area contributed by atoms with Gasteiger partial charge in [0.05, 0.1) is 24.1 Å². The summed E-state index contributed by atoms with van der Waals surface area (Å²) in [5.41, 5.74) is 0.520. The maximum Gasteiger partial charge on any atom is 0.414 e. The Morgan fingerprint density at radius 2 is 2.09 bits per heavy atom. The Labute approximate surface area is 139 Å². The molecule has 1 aromatic heterocycles. The van der Waals surface area contributed by atoms with E-state index in [0.29, 0.717) is 5.69 Å². The fourth-order valence-corrected chi connectivity index (χ4v) is 1.85. The van der Waals surface area contributed by atoms with Gasteiger partial charge in [-0.25, -0.2) is 19.3 Å². The normalized spacial score (nSPS) is 11.1. The summed E-state index contributed by atoms with van der Waals surface area (Å²) in [6.45, 7) is 1.86. The highest BCUT2D eigenvalue weighted by Crippen LogP contribution is 2.17. The van der Waals surface area contributed by atoms with E-state index in [-0.39, 0.29) is 18.1 Å². The zero-order valence-corrected chi connectivity index (χ0v) is 13.6. The lowest BCUT2D eigenvalue weighted by Gasteiger charge is -2.08. The molecule has 0 unspecified atom stereocenters. The molecule has 0 saturated heterocycles. The van der Waals surface area contributed by atoms with E-state index < -0.39 is 12.1 Å². The van der Waals surface area contributed by atoms with Crippen molar-refractivity contribution in [1.82, 2.24) is 15.1 Å². The van der Waals surface area contributed by atoms with Gasteiger partial charge in [-0.1, -0.05) is 15.9 Å². The first-order valence-corrected chi connectivity index (χ1v) is 7.35. The molecule has 1 amide bonds. The third kappa shape index (κ3) is 4.65. The van der Waals surface area contributed by atoms with Crippen molar-refractivity contribution in [3.63, 3.8) is 0 Å². The van der Waals surface area contributed by atoms with Crippen LogP contribution in [0.15, 0.2) is 46.1 Å². The number of halogens is 1. The fraction of sp³-hybridized carbons (Fsp3) is 0.143. The lowest BCUT2D eigenvalue weighted by Crippen LogP contribution is -2.36. The molecule has 2 N–H and O–H groups in total. The van der Waals surface area contributed by atoms with E-state index in [9.17, 15) is 9.59 Å². The number of aromatic carboxylic acids is 1. The number of carboxylic acid groups (broad SMARTS) is 1. The Morgan fingerprint density at radius 1 is 1.39 bits per heavy atom. The first kappa shape index (κ1) is 16.7. The van der Waals surface area contributed by atoms with E-state index in [4.69, 9.17) is 9.84 Å². The van der Waals surface area contributed by atoms with Gasteiger partial charge in [-0.05, 0) is 31.2 Å². The molecule has 0 aliphatic carbocycles. The predicted molar refractivity (Wildman–Crippen MR) is 86.0 cm³/mol. The molecule has 120 valence electrons. The fourth-order valence-electron chi connectivity index (χ4n) is 1.58. The molecule has 0 aliphatic heterocycles. The van der Waals surface area contributed by atoms with Crippen LogP contribution >= 0.6 is 15.9 Å². The lowest BCUT2D eigenvalue weighted by molar-refractivity contribution is 0.0697. The molecule has 8 nitrogen and oxygen atoms in total. The number of nitrogens with zero attached hydrogens (tertiary/aromatic N) is 3. The quantitative estimate of drug-likeness (QED) is 0.628. The molecule has 0 fully saturated rings. The van der Waals surface area contributed by atoms with Crippen molar-refractivity contribution in [3.05, 3.63) is 46.7 Å². The second-order valence-electron chi connectivity index (χ2n) is 4.24. The first-order valence-electron chi connectivity index (χ1n) is 6.56. The molecule has 9 heteroatoms. The number of alkyl carbamates (subject to hydrolysis) is 1. The Bertz CT molecular complexity index is 739. The second kappa shape index (κ2) is 7.54. The van der Waals surface area contributed by atoms with Crippen LogP contribution in [0.3, 0.4) is 0 Å². The van der Waals surface area contributed by atoms with Gasteiger partial charge in [-0.15, -0.1) is 0 Å². The van der Waals surface area contributed by atoms with Crippen LogP contribution in [0.1, 0.15) is 17.3 Å². The average Bonchev–Trinajstić information content (AvgIpc) is 2.99. The number of rotatable bonds is 3. The number of aromatic nitrogens is 2. The van der Waals surface area contributed by atoms with Crippen molar-refractivity contribution in [2.45, 2.75) is 6.92 Å². The zero-order chi connectivity index (χ0) is 16.8. The van der Waals surface area contributed by atoms with Crippen LogP contribution in [0, 0.1) is 0 Å². The van der Waals surface area contributed by atoms with Gasteiger partial charge in [0, 0.05) is 10.7 Å². The van der Waals surface area contributed by atoms with Crippen LogP contribution in [0.5, 0.6) is 0 Å². The standard InChI is InChI=1S/C14H13BrN4O4/c1-2-23-14(22)18-13(17-11-5-3-10(15)4-6-11)19-8-9(7-16-19)12(20)21/h3-8H,2H2,1H3,(H,20,21)(H,17,18,22). The summed E-state index contributed by atoms with van der Waals surface area (Å²) in [6, 6.07) is 7.01. The molecule has 0 aliphatic rings. The van der Waals surface area contributed by atoms with Crippen LogP contribution < -0.4 is 5.32 Å². The van der Waals surface area contributed by atoms with Gasteiger partial charge in [0.15, 0.2) is 0 Å². The van der Waals surface area contributed by atoms with Crippen molar-refractivity contribution < 1.29 is 19.4 Å². The molecule has 0 spiro atoms. The largest absolute Gasteiger partial charge is 0.478 e. The zero-order valence-electron chi connectivity index (χ0n) is 12.1. The Balaban J connectivity index is 2.35. The summed E-state index contributed by atoms with van der Waals surface area (Å²) in [6.07, 6.45) is 1.69. The van der Waals surface area contributed by atoms with Gasteiger partial charge in [0.25, 0.3) is 0 Å². The van der Waals surface area contributed by atoms with Gasteiger partial charge in [0.2, 0.25) is 5.96 Å². The number of hydrogen-bond acceptors (Lipinski definition) is 5. The number of carbonyl (C=O) groups excluding carboxylic acids is 1. The van der Waals surface area contributed by atoms with Crippen molar-refractivity contribution in [3.8, 4) is 0 Å². The lowest BCUT2D eigenvalue weighted by atomic mass is 10.3. The number of carboxylic acids is 1. The number of carbonyl (C=O) groups is 2. The summed E-state index contributed by atoms with van der Waals surface area (Å²) in [7, 11) is 0. The topological polar surface area (TPSA) is 106 Å². The molecule has 2 aromatic rings. The summed E-state index contributed by atoms with van der Waals surface area (Å²) in [5, 5.41) is 15.3. The number of nitrogens with one attached hydrogen (secondary N) is 1. The van der Waals surface area contributed by atoms with E-state index in [1.165, 1.54) is 6.20 Å². The van der Waals surface area contributed by atoms with Crippen molar-refractivity contribution in [1.29, 1.82) is 0 Å². The molecular weight excluding hydrogens is 368 g/mol. The molecule has 1 aromatic carbocycles. The molecule has 0 atom stereocenters. The second-order valence-corrected chi connectivity index (χ2v) is 5.15. The van der Waals surface area contributed by atoms with Gasteiger partial charge >= 0.3 is 12.1 Å². The van der Waals surface area contributed by atoms with Crippen LogP contribution in [-0.4, -0.2) is 39.5 Å². The Morgan fingerprint density at radius 3 is 2.65 bits per heavy atom. The number of aliphatic imine (C=N–C) groups is 1. The van der Waals surface area contributed by atoms with Gasteiger partial charge in [-0.2, -0.15) is 5.10 Å². The highest BCUT2D eigenvalue weighted by molar-refractivity contribution is 9.10. The minimum atomic E-state index is -1.13. The highest BCUT2D eigenvalue weighted by atomic mass is 79.9. The van der Waals surface area contributed by atoms with E-state index in [2.05, 4.69) is 31.3 Å². The predicted octanol–water partition coefficient (Wildman–Crippen LogP) is 2.63. The molecule has 0 bridgehead atoms. The van der Waals surface area contributed by atoms with E-state index in [0.717, 1.165) is 15.4 Å². The molecule has 0 saturated carbocycles. The molecular formula is C14H13BrN4O4. The Kier molecular flexibility index (Phi) is 5.47. The number of benzene rings is 1. The maximum absolute atomic E-state index is 11.6. The Hall–Kier alpha value is -2.68. The molecule has 1 heterocycles. The summed E-state index contributed by atoms with van der Waals surface area (Å²) < 4.78 is 6.84. The van der Waals surface area contributed by atoms with E-state index in [1.54, 1.807) is 31.2 Å². The SMILES string of the molecule is CCOC(=O)NC(=Nc1ccc(Br)cc1)n1cc(C(=O)O)cn1. The maximum atomic E-state index is 11.6. The monoisotopic (exact) mass is 380 g/mol. The van der Waals surface area contributed by atoms with Crippen molar-refractivity contribution in [2.24, 2.45) is 4.99 Å². The summed E-state index contributed by atoms with van der Waals surface area (Å²) in [5.74, 6) is -1.10. The summed E-state index contributed by atoms with van der Waals surface area (Å²) >= 11 is 3.32. The van der Waals surface area contributed by atoms with Crippen molar-refractivity contribution >= 4 is 39.6 Å². The number of hydrogen-bond donors (Lipinski definition) is 2. The van der Waals surface area contributed by atoms with Crippen molar-refractivity contribution in [2.75, 3.05) is 6.61 Å². The minimum absolute atomic E-state index is 0.0262. The third-order valence-corrected chi connectivity index (χ3v) is 3.13. The van der Waals surface area contributed by atoms with E-state index in [1.807, 2.05) is 0 Å².